The molecule has 0 radical (unpaired) electrons. The third-order valence-corrected chi connectivity index (χ3v) is 5.80. The highest BCUT2D eigenvalue weighted by atomic mass is 19.1. The molecule has 2 unspecified atom stereocenters. The normalized spacial score (nSPS) is 23.8. The zero-order valence-corrected chi connectivity index (χ0v) is 17.0. The van der Waals surface area contributed by atoms with Gasteiger partial charge in [-0.1, -0.05) is 67.6 Å². The lowest BCUT2D eigenvalue weighted by Gasteiger charge is -2.38. The minimum Gasteiger partial charge on any atom is -0.298 e. The summed E-state index contributed by atoms with van der Waals surface area (Å²) in [5.74, 6) is 0.0465. The fourth-order valence-electron chi connectivity index (χ4n) is 4.13. The summed E-state index contributed by atoms with van der Waals surface area (Å²) in [7, 11) is 6.56. The van der Waals surface area contributed by atoms with Gasteiger partial charge in [0.2, 0.25) is 0 Å². The monoisotopic (exact) mass is 372 g/mol. The molecule has 0 saturated carbocycles. The molecule has 2 aliphatic rings. The number of fused-ring (bicyclic) bond motifs is 1. The summed E-state index contributed by atoms with van der Waals surface area (Å²) in [4.78, 5) is 0. The van der Waals surface area contributed by atoms with Crippen molar-refractivity contribution in [3.05, 3.63) is 102 Å². The second-order valence-electron chi connectivity index (χ2n) is 8.85. The van der Waals surface area contributed by atoms with Crippen LogP contribution in [0.1, 0.15) is 18.1 Å². The number of hydrogen-bond acceptors (Lipinski definition) is 0. The van der Waals surface area contributed by atoms with Gasteiger partial charge in [0.15, 0.2) is 0 Å². The van der Waals surface area contributed by atoms with Crippen LogP contribution in [-0.4, -0.2) is 21.1 Å². The Bertz CT molecular complexity index is 1020. The van der Waals surface area contributed by atoms with Gasteiger partial charge in [-0.3, -0.25) is 4.48 Å². The lowest BCUT2D eigenvalue weighted by molar-refractivity contribution is 0.466. The van der Waals surface area contributed by atoms with Gasteiger partial charge >= 0.3 is 0 Å². The molecule has 1 nitrogen and oxygen atoms in total. The Balaban J connectivity index is 1.70. The number of hydrogen-bond donors (Lipinski definition) is 0. The lowest BCUT2D eigenvalue weighted by Crippen LogP contribution is -2.34. The maximum absolute atomic E-state index is 13.4. The summed E-state index contributed by atoms with van der Waals surface area (Å²) in [5, 5.41) is 0. The zero-order valence-electron chi connectivity index (χ0n) is 17.0. The third-order valence-electron chi connectivity index (χ3n) is 5.80. The van der Waals surface area contributed by atoms with Crippen LogP contribution in [0, 0.1) is 17.2 Å². The molecule has 0 spiro atoms. The number of rotatable bonds is 3. The summed E-state index contributed by atoms with van der Waals surface area (Å²) in [6.07, 6.45) is 13.5. The number of nitrogens with zero attached hydrogens (tertiary/aromatic N) is 1. The predicted molar refractivity (Wildman–Crippen MR) is 118 cm³/mol. The molecule has 142 valence electrons. The van der Waals surface area contributed by atoms with Crippen LogP contribution in [0.2, 0.25) is 0 Å². The second-order valence-corrected chi connectivity index (χ2v) is 8.85. The van der Waals surface area contributed by atoms with Crippen LogP contribution in [0.5, 0.6) is 0 Å². The molecule has 0 aliphatic heterocycles. The predicted octanol–water partition coefficient (Wildman–Crippen LogP) is 6.25. The fraction of sp³-hybridized carbons (Fsp3) is 0.231. The number of allylic oxidation sites excluding steroid dienone is 8. The van der Waals surface area contributed by atoms with Crippen molar-refractivity contribution in [2.75, 3.05) is 21.1 Å². The Labute approximate surface area is 167 Å². The van der Waals surface area contributed by atoms with Crippen molar-refractivity contribution in [3.63, 3.8) is 0 Å². The molecule has 2 aliphatic carbocycles. The molecule has 2 atom stereocenters. The first-order chi connectivity index (χ1) is 13.3. The van der Waals surface area contributed by atoms with Crippen molar-refractivity contribution in [1.82, 2.24) is 4.48 Å². The quantitative estimate of drug-likeness (QED) is 0.559. The highest BCUT2D eigenvalue weighted by molar-refractivity contribution is 5.82. The summed E-state index contributed by atoms with van der Waals surface area (Å²) in [5.41, 5.74) is 5.99. The summed E-state index contributed by atoms with van der Waals surface area (Å²) in [6, 6.07) is 15.6. The average Bonchev–Trinajstić information content (AvgIpc) is 2.66. The van der Waals surface area contributed by atoms with Gasteiger partial charge in [0.05, 0.1) is 21.1 Å². The van der Waals surface area contributed by atoms with E-state index in [9.17, 15) is 4.39 Å². The van der Waals surface area contributed by atoms with E-state index in [1.807, 2.05) is 12.1 Å². The highest BCUT2D eigenvalue weighted by Gasteiger charge is 2.35. The molecule has 0 heterocycles. The van der Waals surface area contributed by atoms with Crippen LogP contribution in [-0.2, 0) is 0 Å². The van der Waals surface area contributed by atoms with E-state index in [4.69, 9.17) is 0 Å². The summed E-state index contributed by atoms with van der Waals surface area (Å²) in [6.45, 7) is 2.28. The Hall–Kier alpha value is -2.71. The van der Waals surface area contributed by atoms with Gasteiger partial charge < -0.3 is 0 Å². The number of quaternary nitrogens is 1. The molecular weight excluding hydrogens is 345 g/mol. The van der Waals surface area contributed by atoms with E-state index in [1.54, 1.807) is 0 Å². The van der Waals surface area contributed by atoms with Crippen molar-refractivity contribution in [2.24, 2.45) is 11.3 Å². The topological polar surface area (TPSA) is 0 Å². The summed E-state index contributed by atoms with van der Waals surface area (Å²) < 4.78 is 14.2. The molecule has 0 amide bonds. The van der Waals surface area contributed by atoms with E-state index in [2.05, 4.69) is 88.8 Å². The van der Waals surface area contributed by atoms with Gasteiger partial charge in [-0.05, 0) is 40.5 Å². The van der Waals surface area contributed by atoms with E-state index in [0.29, 0.717) is 0 Å². The van der Waals surface area contributed by atoms with Gasteiger partial charge in [-0.2, -0.15) is 0 Å². The first kappa shape index (κ1) is 18.6. The van der Waals surface area contributed by atoms with Crippen molar-refractivity contribution >= 4 is 16.8 Å². The van der Waals surface area contributed by atoms with E-state index in [0.717, 1.165) is 10.0 Å². The molecule has 0 aromatic heterocycles. The average molecular weight is 373 g/mol. The van der Waals surface area contributed by atoms with Crippen molar-refractivity contribution in [2.45, 2.75) is 6.92 Å². The molecule has 0 fully saturated rings. The van der Waals surface area contributed by atoms with Gasteiger partial charge in [-0.25, -0.2) is 4.39 Å². The fourth-order valence-corrected chi connectivity index (χ4v) is 4.13. The van der Waals surface area contributed by atoms with Crippen molar-refractivity contribution in [1.29, 1.82) is 0 Å². The van der Waals surface area contributed by atoms with Gasteiger partial charge in [-0.15, -0.1) is 0 Å². The van der Waals surface area contributed by atoms with Gasteiger partial charge in [0, 0.05) is 17.4 Å². The van der Waals surface area contributed by atoms with E-state index in [-0.39, 0.29) is 17.2 Å². The lowest BCUT2D eigenvalue weighted by atomic mass is 9.65. The summed E-state index contributed by atoms with van der Waals surface area (Å²) >= 11 is 0. The first-order valence-electron chi connectivity index (χ1n) is 9.75. The molecule has 0 bridgehead atoms. The van der Waals surface area contributed by atoms with Crippen LogP contribution in [0.4, 0.5) is 10.1 Å². The van der Waals surface area contributed by atoms with Gasteiger partial charge in [0.25, 0.3) is 0 Å². The minimum atomic E-state index is -0.197. The molecule has 28 heavy (non-hydrogen) atoms. The van der Waals surface area contributed by atoms with Crippen molar-refractivity contribution in [3.8, 4) is 0 Å². The molecule has 2 heteroatoms. The third kappa shape index (κ3) is 3.41. The largest absolute Gasteiger partial charge is 0.298 e. The van der Waals surface area contributed by atoms with Gasteiger partial charge in [0.1, 0.15) is 11.5 Å². The maximum Gasteiger partial charge on any atom is 0.132 e. The Morgan fingerprint density at radius 3 is 2.43 bits per heavy atom. The molecule has 0 N–H and O–H groups in total. The van der Waals surface area contributed by atoms with Crippen LogP contribution >= 0.6 is 0 Å². The van der Waals surface area contributed by atoms with E-state index < -0.39 is 0 Å². The minimum absolute atomic E-state index is 0.102. The molecule has 0 saturated heterocycles. The molecular formula is C26H27FN+. The van der Waals surface area contributed by atoms with Crippen LogP contribution in [0.15, 0.2) is 85.0 Å². The van der Waals surface area contributed by atoms with Crippen LogP contribution < -0.4 is 4.48 Å². The number of halogens is 1. The first-order valence-corrected chi connectivity index (χ1v) is 9.75. The Morgan fingerprint density at radius 2 is 1.71 bits per heavy atom. The molecule has 2 aromatic carbocycles. The maximum atomic E-state index is 13.4. The highest BCUT2D eigenvalue weighted by Crippen LogP contribution is 2.48. The van der Waals surface area contributed by atoms with E-state index in [1.165, 1.54) is 34.5 Å². The van der Waals surface area contributed by atoms with Crippen molar-refractivity contribution < 1.29 is 4.39 Å². The second kappa shape index (κ2) is 6.72. The van der Waals surface area contributed by atoms with Crippen LogP contribution in [0.25, 0.3) is 11.1 Å². The molecule has 4 rings (SSSR count). The Morgan fingerprint density at radius 1 is 0.964 bits per heavy atom. The number of benzene rings is 2. The zero-order chi connectivity index (χ0) is 19.9. The smallest absolute Gasteiger partial charge is 0.132 e. The SMILES string of the molecule is CC12C=CC=C(c3ccc(F)cc3)C1C=CC(c1cccc([N+](C)(C)C)c1)=C2. The Kier molecular flexibility index (Phi) is 4.47. The van der Waals surface area contributed by atoms with E-state index >= 15 is 0 Å². The standard InChI is InChI=1S/C26H27FN/c1-26-16-6-9-24(19-10-13-22(27)14-11-19)25(26)15-12-21(18-26)20-7-5-8-23(17-20)28(2,3)4/h5-18,25H,1-4H3/q+1. The molecule has 2 aromatic rings. The van der Waals surface area contributed by atoms with Crippen LogP contribution in [0.3, 0.4) is 0 Å².